The van der Waals surface area contributed by atoms with Gasteiger partial charge in [0.1, 0.15) is 0 Å². The third-order valence-electron chi connectivity index (χ3n) is 2.90. The van der Waals surface area contributed by atoms with Crippen molar-refractivity contribution in [3.8, 4) is 0 Å². The van der Waals surface area contributed by atoms with Crippen molar-refractivity contribution in [2.45, 2.75) is 26.0 Å². The Morgan fingerprint density at radius 3 is 3.12 bits per heavy atom. The van der Waals surface area contributed by atoms with Crippen molar-refractivity contribution in [2.75, 3.05) is 26.4 Å². The normalized spacial score (nSPS) is 20.7. The molecule has 0 saturated carbocycles. The minimum atomic E-state index is 0.186. The molecule has 1 unspecified atom stereocenters. The molecule has 1 N–H and O–H groups in total. The van der Waals surface area contributed by atoms with Gasteiger partial charge in [0.15, 0.2) is 0 Å². The van der Waals surface area contributed by atoms with Crippen LogP contribution in [0.25, 0.3) is 0 Å². The van der Waals surface area contributed by atoms with E-state index >= 15 is 0 Å². The average molecular weight is 239 g/mol. The van der Waals surface area contributed by atoms with E-state index in [0.717, 1.165) is 26.1 Å². The Morgan fingerprint density at radius 2 is 2.41 bits per heavy atom. The summed E-state index contributed by atoms with van der Waals surface area (Å²) in [5.41, 5.74) is 2.44. The van der Waals surface area contributed by atoms with Gasteiger partial charge in [0.25, 0.3) is 0 Å². The van der Waals surface area contributed by atoms with Crippen LogP contribution in [-0.2, 0) is 29.5 Å². The van der Waals surface area contributed by atoms with Crippen LogP contribution in [0.15, 0.2) is 6.20 Å². The summed E-state index contributed by atoms with van der Waals surface area (Å²) in [5, 5.41) is 7.82. The van der Waals surface area contributed by atoms with E-state index in [0.29, 0.717) is 13.2 Å². The number of aryl methyl sites for hydroxylation is 2. The molecule has 0 aromatic carbocycles. The maximum absolute atomic E-state index is 5.57. The zero-order valence-corrected chi connectivity index (χ0v) is 10.6. The molecule has 0 radical (unpaired) electrons. The molecule has 1 aromatic rings. The number of nitrogens with one attached hydrogen (secondary N) is 1. The van der Waals surface area contributed by atoms with Crippen LogP contribution >= 0.6 is 0 Å². The molecule has 5 heteroatoms. The highest BCUT2D eigenvalue weighted by Crippen LogP contribution is 2.07. The second-order valence-electron chi connectivity index (χ2n) is 4.33. The van der Waals surface area contributed by atoms with Crippen molar-refractivity contribution >= 4 is 0 Å². The Morgan fingerprint density at radius 1 is 1.53 bits per heavy atom. The fourth-order valence-corrected chi connectivity index (χ4v) is 2.05. The van der Waals surface area contributed by atoms with Crippen molar-refractivity contribution in [1.29, 1.82) is 0 Å². The van der Waals surface area contributed by atoms with E-state index in [1.54, 1.807) is 0 Å². The Balaban J connectivity index is 1.76. The first-order valence-electron chi connectivity index (χ1n) is 6.21. The van der Waals surface area contributed by atoms with Crippen molar-refractivity contribution in [2.24, 2.45) is 7.05 Å². The Hall–Kier alpha value is -0.910. The first-order valence-corrected chi connectivity index (χ1v) is 6.21. The van der Waals surface area contributed by atoms with Gasteiger partial charge in [0.2, 0.25) is 0 Å². The lowest BCUT2D eigenvalue weighted by Gasteiger charge is -2.23. The summed E-state index contributed by atoms with van der Waals surface area (Å²) in [6, 6.07) is 0. The molecule has 96 valence electrons. The van der Waals surface area contributed by atoms with Crippen molar-refractivity contribution < 1.29 is 9.47 Å². The zero-order valence-electron chi connectivity index (χ0n) is 10.6. The minimum Gasteiger partial charge on any atom is -0.376 e. The largest absolute Gasteiger partial charge is 0.376 e. The molecule has 2 rings (SSSR count). The fraction of sp³-hybridized carbons (Fsp3) is 0.750. The molecule has 1 aromatic heterocycles. The van der Waals surface area contributed by atoms with Gasteiger partial charge in [0, 0.05) is 31.9 Å². The quantitative estimate of drug-likeness (QED) is 0.812. The maximum atomic E-state index is 5.57. The molecule has 1 aliphatic rings. The summed E-state index contributed by atoms with van der Waals surface area (Å²) in [7, 11) is 1.96. The van der Waals surface area contributed by atoms with Gasteiger partial charge < -0.3 is 14.8 Å². The van der Waals surface area contributed by atoms with E-state index in [1.165, 1.54) is 11.3 Å². The summed E-state index contributed by atoms with van der Waals surface area (Å²) in [6.45, 7) is 5.93. The van der Waals surface area contributed by atoms with Gasteiger partial charge in [-0.3, -0.25) is 4.68 Å². The van der Waals surface area contributed by atoms with Crippen LogP contribution < -0.4 is 5.32 Å². The van der Waals surface area contributed by atoms with Crippen LogP contribution in [0.4, 0.5) is 0 Å². The predicted octanol–water partition coefficient (Wildman–Crippen LogP) is 0.488. The summed E-state index contributed by atoms with van der Waals surface area (Å²) in [5.74, 6) is 0. The molecule has 1 fully saturated rings. The molecular weight excluding hydrogens is 218 g/mol. The number of aromatic nitrogens is 2. The number of hydrogen-bond donors (Lipinski definition) is 1. The monoisotopic (exact) mass is 239 g/mol. The third kappa shape index (κ3) is 3.52. The van der Waals surface area contributed by atoms with Crippen LogP contribution in [0.2, 0.25) is 0 Å². The summed E-state index contributed by atoms with van der Waals surface area (Å²) in [4.78, 5) is 0. The standard InChI is InChI=1S/C12H21N3O2/c1-3-12-10(8-15(2)14-12)6-13-7-11-9-16-4-5-17-11/h8,11,13H,3-7,9H2,1-2H3. The van der Waals surface area contributed by atoms with Gasteiger partial charge in [-0.2, -0.15) is 5.10 Å². The Kier molecular flexibility index (Phi) is 4.53. The predicted molar refractivity (Wildman–Crippen MR) is 64.9 cm³/mol. The van der Waals surface area contributed by atoms with Crippen molar-refractivity contribution in [3.05, 3.63) is 17.5 Å². The van der Waals surface area contributed by atoms with E-state index in [-0.39, 0.29) is 6.10 Å². The molecule has 2 heterocycles. The van der Waals surface area contributed by atoms with Gasteiger partial charge in [0.05, 0.1) is 31.6 Å². The lowest BCUT2D eigenvalue weighted by atomic mass is 10.2. The van der Waals surface area contributed by atoms with Gasteiger partial charge in [-0.1, -0.05) is 6.92 Å². The molecule has 1 aliphatic heterocycles. The van der Waals surface area contributed by atoms with Crippen LogP contribution in [-0.4, -0.2) is 42.2 Å². The molecule has 5 nitrogen and oxygen atoms in total. The smallest absolute Gasteiger partial charge is 0.0933 e. The van der Waals surface area contributed by atoms with Crippen LogP contribution in [0.5, 0.6) is 0 Å². The average Bonchev–Trinajstić information content (AvgIpc) is 2.71. The van der Waals surface area contributed by atoms with Gasteiger partial charge in [-0.05, 0) is 6.42 Å². The second-order valence-corrected chi connectivity index (χ2v) is 4.33. The molecule has 17 heavy (non-hydrogen) atoms. The van der Waals surface area contributed by atoms with E-state index in [9.17, 15) is 0 Å². The minimum absolute atomic E-state index is 0.186. The maximum Gasteiger partial charge on any atom is 0.0933 e. The first kappa shape index (κ1) is 12.5. The zero-order chi connectivity index (χ0) is 12.1. The molecule has 0 spiro atoms. The number of hydrogen-bond acceptors (Lipinski definition) is 4. The molecular formula is C12H21N3O2. The van der Waals surface area contributed by atoms with Crippen LogP contribution in [0.3, 0.4) is 0 Å². The van der Waals surface area contributed by atoms with E-state index in [2.05, 4.69) is 23.5 Å². The first-order chi connectivity index (χ1) is 8.29. The Labute approximate surface area is 102 Å². The Bertz CT molecular complexity index is 346. The molecule has 0 aliphatic carbocycles. The number of rotatable bonds is 5. The fourth-order valence-electron chi connectivity index (χ4n) is 2.05. The number of ether oxygens (including phenoxy) is 2. The molecule has 1 atom stereocenters. The SMILES string of the molecule is CCc1nn(C)cc1CNCC1COCCO1. The van der Waals surface area contributed by atoms with Crippen molar-refractivity contribution in [1.82, 2.24) is 15.1 Å². The van der Waals surface area contributed by atoms with E-state index < -0.39 is 0 Å². The van der Waals surface area contributed by atoms with Gasteiger partial charge in [-0.15, -0.1) is 0 Å². The van der Waals surface area contributed by atoms with Gasteiger partial charge >= 0.3 is 0 Å². The van der Waals surface area contributed by atoms with Gasteiger partial charge in [-0.25, -0.2) is 0 Å². The van der Waals surface area contributed by atoms with Crippen LogP contribution in [0, 0.1) is 0 Å². The molecule has 1 saturated heterocycles. The van der Waals surface area contributed by atoms with E-state index in [4.69, 9.17) is 9.47 Å². The van der Waals surface area contributed by atoms with Crippen molar-refractivity contribution in [3.63, 3.8) is 0 Å². The highest BCUT2D eigenvalue weighted by atomic mass is 16.6. The lowest BCUT2D eigenvalue weighted by molar-refractivity contribution is -0.0864. The lowest BCUT2D eigenvalue weighted by Crippen LogP contribution is -2.37. The second kappa shape index (κ2) is 6.14. The summed E-state index contributed by atoms with van der Waals surface area (Å²) in [6.07, 6.45) is 3.23. The summed E-state index contributed by atoms with van der Waals surface area (Å²) < 4.78 is 12.8. The topological polar surface area (TPSA) is 48.3 Å². The van der Waals surface area contributed by atoms with E-state index in [1.807, 2.05) is 11.7 Å². The summed E-state index contributed by atoms with van der Waals surface area (Å²) >= 11 is 0. The highest BCUT2D eigenvalue weighted by Gasteiger charge is 2.14. The number of nitrogens with zero attached hydrogens (tertiary/aromatic N) is 2. The third-order valence-corrected chi connectivity index (χ3v) is 2.90. The molecule has 0 bridgehead atoms. The van der Waals surface area contributed by atoms with Crippen LogP contribution in [0.1, 0.15) is 18.2 Å². The molecule has 0 amide bonds. The highest BCUT2D eigenvalue weighted by molar-refractivity contribution is 5.16.